The summed E-state index contributed by atoms with van der Waals surface area (Å²) in [6.07, 6.45) is 0. The first-order chi connectivity index (χ1) is 9.40. The molecule has 0 fully saturated rings. The number of nitrogens with zero attached hydrogens (tertiary/aromatic N) is 4. The molecule has 0 unspecified atom stereocenters. The summed E-state index contributed by atoms with van der Waals surface area (Å²) in [5, 5.41) is 23.5. The van der Waals surface area contributed by atoms with E-state index >= 15 is 0 Å². The third-order valence-corrected chi connectivity index (χ3v) is 3.77. The highest BCUT2D eigenvalue weighted by molar-refractivity contribution is 7.07. The van der Waals surface area contributed by atoms with Crippen molar-refractivity contribution >= 4 is 28.4 Å². The van der Waals surface area contributed by atoms with Crippen LogP contribution in [0.5, 0.6) is 0 Å². The van der Waals surface area contributed by atoms with Crippen molar-refractivity contribution in [1.82, 2.24) is 4.57 Å². The summed E-state index contributed by atoms with van der Waals surface area (Å²) in [6, 6.07) is 3.40. The van der Waals surface area contributed by atoms with Gasteiger partial charge in [0.2, 0.25) is 0 Å². The molecule has 2 rings (SSSR count). The number of nitro groups is 2. The summed E-state index contributed by atoms with van der Waals surface area (Å²) >= 11 is 1.34. The summed E-state index contributed by atoms with van der Waals surface area (Å²) in [6.45, 7) is 1.89. The molecule has 8 nitrogen and oxygen atoms in total. The number of hydrogen-bond acceptors (Lipinski definition) is 6. The lowest BCUT2D eigenvalue weighted by molar-refractivity contribution is -0.393. The molecular formula is C11H10N4O4S. The molecule has 0 spiro atoms. The molecule has 1 aromatic carbocycles. The van der Waals surface area contributed by atoms with Gasteiger partial charge in [-0.3, -0.25) is 20.2 Å². The monoisotopic (exact) mass is 294 g/mol. The Balaban J connectivity index is 2.63. The Morgan fingerprint density at radius 1 is 1.25 bits per heavy atom. The Hall–Kier alpha value is -2.55. The van der Waals surface area contributed by atoms with E-state index in [1.807, 2.05) is 12.3 Å². The molecule has 0 saturated carbocycles. The molecular weight excluding hydrogens is 284 g/mol. The first-order valence-electron chi connectivity index (χ1n) is 5.49. The molecule has 0 aliphatic rings. The molecule has 20 heavy (non-hydrogen) atoms. The Bertz CT molecular complexity index is 762. The van der Waals surface area contributed by atoms with Gasteiger partial charge in [0, 0.05) is 24.2 Å². The lowest BCUT2D eigenvalue weighted by Crippen LogP contribution is -2.11. The Kier molecular flexibility index (Phi) is 3.61. The molecule has 2 aromatic rings. The summed E-state index contributed by atoms with van der Waals surface area (Å²) in [7, 11) is 1.79. The average molecular weight is 294 g/mol. The van der Waals surface area contributed by atoms with E-state index in [-0.39, 0.29) is 17.1 Å². The van der Waals surface area contributed by atoms with Gasteiger partial charge in [0.25, 0.3) is 5.69 Å². The van der Waals surface area contributed by atoms with Crippen LogP contribution in [0.3, 0.4) is 0 Å². The highest BCUT2D eigenvalue weighted by Gasteiger charge is 2.19. The topological polar surface area (TPSA) is 104 Å². The van der Waals surface area contributed by atoms with Crippen molar-refractivity contribution in [2.45, 2.75) is 6.92 Å². The van der Waals surface area contributed by atoms with Crippen LogP contribution in [-0.4, -0.2) is 14.4 Å². The Labute approximate surface area is 116 Å². The maximum absolute atomic E-state index is 11.0. The van der Waals surface area contributed by atoms with E-state index in [1.165, 1.54) is 23.5 Å². The molecule has 0 aliphatic carbocycles. The van der Waals surface area contributed by atoms with Gasteiger partial charge in [0.1, 0.15) is 5.69 Å². The predicted molar refractivity (Wildman–Crippen MR) is 73.0 cm³/mol. The molecule has 0 amide bonds. The van der Waals surface area contributed by atoms with Crippen LogP contribution in [0.25, 0.3) is 0 Å². The minimum atomic E-state index is -0.675. The van der Waals surface area contributed by atoms with Crippen LogP contribution in [0.2, 0.25) is 0 Å². The molecule has 0 N–H and O–H groups in total. The first-order valence-corrected chi connectivity index (χ1v) is 6.37. The molecule has 0 aliphatic heterocycles. The Morgan fingerprint density at radius 3 is 2.45 bits per heavy atom. The van der Waals surface area contributed by atoms with Gasteiger partial charge in [-0.2, -0.15) is 0 Å². The van der Waals surface area contributed by atoms with Gasteiger partial charge in [0.15, 0.2) is 4.80 Å². The van der Waals surface area contributed by atoms with Crippen molar-refractivity contribution in [3.8, 4) is 0 Å². The zero-order valence-corrected chi connectivity index (χ0v) is 11.5. The molecule has 0 atom stereocenters. The molecule has 0 radical (unpaired) electrons. The van der Waals surface area contributed by atoms with E-state index in [0.29, 0.717) is 4.80 Å². The van der Waals surface area contributed by atoms with Gasteiger partial charge < -0.3 is 4.57 Å². The summed E-state index contributed by atoms with van der Waals surface area (Å²) < 4.78 is 1.79. The predicted octanol–water partition coefficient (Wildman–Crippen LogP) is 2.44. The zero-order chi connectivity index (χ0) is 14.9. The van der Waals surface area contributed by atoms with E-state index < -0.39 is 9.85 Å². The second-order valence-electron chi connectivity index (χ2n) is 4.02. The second-order valence-corrected chi connectivity index (χ2v) is 4.85. The number of nitro benzene ring substituents is 2. The minimum Gasteiger partial charge on any atom is -0.324 e. The molecule has 9 heteroatoms. The van der Waals surface area contributed by atoms with Gasteiger partial charge in [-0.05, 0) is 13.0 Å². The van der Waals surface area contributed by atoms with E-state index in [1.54, 1.807) is 11.6 Å². The maximum atomic E-state index is 11.0. The fourth-order valence-corrected chi connectivity index (χ4v) is 2.40. The number of thiazole rings is 1. The Morgan fingerprint density at radius 2 is 1.95 bits per heavy atom. The van der Waals surface area contributed by atoms with E-state index in [4.69, 9.17) is 0 Å². The normalized spacial score (nSPS) is 11.6. The highest BCUT2D eigenvalue weighted by atomic mass is 32.1. The fraction of sp³-hybridized carbons (Fsp3) is 0.182. The number of non-ortho nitro benzene ring substituents is 1. The summed E-state index contributed by atoms with van der Waals surface area (Å²) in [5.41, 5.74) is 0.351. The number of rotatable bonds is 3. The van der Waals surface area contributed by atoms with E-state index in [0.717, 1.165) is 11.8 Å². The SMILES string of the molecule is Cc1csc(=Nc2ccc([N+](=O)[O-])cc2[N+](=O)[O-])n1C. The lowest BCUT2D eigenvalue weighted by atomic mass is 10.2. The van der Waals surface area contributed by atoms with Crippen molar-refractivity contribution in [3.05, 3.63) is 54.3 Å². The standard InChI is InChI=1S/C11H10N4O4S/c1-7-6-20-11(13(7)2)12-9-4-3-8(14(16)17)5-10(9)15(18)19/h3-6H,1-2H3. The van der Waals surface area contributed by atoms with Crippen LogP contribution in [0, 0.1) is 27.2 Å². The van der Waals surface area contributed by atoms with Crippen LogP contribution >= 0.6 is 11.3 Å². The van der Waals surface area contributed by atoms with E-state index in [2.05, 4.69) is 4.99 Å². The number of hydrogen-bond donors (Lipinski definition) is 0. The summed E-state index contributed by atoms with van der Waals surface area (Å²) in [4.78, 5) is 25.1. The molecule has 1 aromatic heterocycles. The number of benzene rings is 1. The fourth-order valence-electron chi connectivity index (χ4n) is 1.52. The van der Waals surface area contributed by atoms with Crippen LogP contribution in [-0.2, 0) is 7.05 Å². The van der Waals surface area contributed by atoms with Gasteiger partial charge in [-0.1, -0.05) is 0 Å². The molecule has 0 saturated heterocycles. The first kappa shape index (κ1) is 13.9. The summed E-state index contributed by atoms with van der Waals surface area (Å²) in [5.74, 6) is 0. The number of aryl methyl sites for hydroxylation is 1. The number of aromatic nitrogens is 1. The lowest BCUT2D eigenvalue weighted by Gasteiger charge is -1.98. The van der Waals surface area contributed by atoms with Crippen molar-refractivity contribution in [2.75, 3.05) is 0 Å². The highest BCUT2D eigenvalue weighted by Crippen LogP contribution is 2.30. The maximum Gasteiger partial charge on any atom is 0.301 e. The van der Waals surface area contributed by atoms with Crippen LogP contribution in [0.1, 0.15) is 5.69 Å². The van der Waals surface area contributed by atoms with Gasteiger partial charge in [-0.15, -0.1) is 11.3 Å². The zero-order valence-electron chi connectivity index (χ0n) is 10.6. The van der Waals surface area contributed by atoms with E-state index in [9.17, 15) is 20.2 Å². The molecule has 0 bridgehead atoms. The quantitative estimate of drug-likeness (QED) is 0.640. The van der Waals surface area contributed by atoms with Crippen molar-refractivity contribution in [1.29, 1.82) is 0 Å². The van der Waals surface area contributed by atoms with Gasteiger partial charge >= 0.3 is 5.69 Å². The van der Waals surface area contributed by atoms with Crippen molar-refractivity contribution < 1.29 is 9.85 Å². The van der Waals surface area contributed by atoms with Gasteiger partial charge in [-0.25, -0.2) is 4.99 Å². The average Bonchev–Trinajstić information content (AvgIpc) is 2.70. The van der Waals surface area contributed by atoms with Gasteiger partial charge in [0.05, 0.1) is 15.9 Å². The minimum absolute atomic E-state index is 0.0954. The van der Waals surface area contributed by atoms with Crippen LogP contribution in [0.4, 0.5) is 17.1 Å². The van der Waals surface area contributed by atoms with Crippen LogP contribution < -0.4 is 4.80 Å². The molecule has 104 valence electrons. The van der Waals surface area contributed by atoms with Crippen molar-refractivity contribution in [3.63, 3.8) is 0 Å². The third kappa shape index (κ3) is 2.57. The second kappa shape index (κ2) is 5.21. The largest absolute Gasteiger partial charge is 0.324 e. The molecule has 1 heterocycles. The smallest absolute Gasteiger partial charge is 0.301 e. The third-order valence-electron chi connectivity index (χ3n) is 2.73. The van der Waals surface area contributed by atoms with Crippen LogP contribution in [0.15, 0.2) is 28.6 Å². The van der Waals surface area contributed by atoms with Crippen molar-refractivity contribution in [2.24, 2.45) is 12.0 Å².